The molecule has 1 N–H and O–H groups in total. The number of aromatic amines is 1. The molecule has 0 aromatic carbocycles. The third-order valence-corrected chi connectivity index (χ3v) is 6.06. The molecule has 0 radical (unpaired) electrons. The topological polar surface area (TPSA) is 74.3 Å². The average molecular weight is 387 g/mol. The van der Waals surface area contributed by atoms with E-state index in [2.05, 4.69) is 19.9 Å². The van der Waals surface area contributed by atoms with Gasteiger partial charge in [-0.3, -0.25) is 4.90 Å². The summed E-state index contributed by atoms with van der Waals surface area (Å²) in [5.74, 6) is 0.717. The molecule has 2 bridgehead atoms. The van der Waals surface area contributed by atoms with E-state index in [0.29, 0.717) is 36.8 Å². The largest absolute Gasteiger partial charge is 0.449 e. The number of alkyl halides is 1. The molecule has 4 heterocycles. The summed E-state index contributed by atoms with van der Waals surface area (Å²) in [6.07, 6.45) is 4.53. The number of nitrogens with one attached hydrogen (secondary N) is 1. The van der Waals surface area contributed by atoms with Gasteiger partial charge in [0, 0.05) is 19.3 Å². The number of fused-ring (bicyclic) bond motifs is 3. The van der Waals surface area contributed by atoms with Crippen LogP contribution in [0.3, 0.4) is 0 Å². The standard InChI is InChI=1S/C20H26FN5O2/c1-12(2)11-28-19(27)26-13-3-4-14(26)10-25(9-13)15-5-8-22-17-16(15)23-18(24-17)20(21)6-7-20/h5,8,12-14H,3-4,6-7,9-11H2,1-2H3,(H,22,23,24). The Labute approximate surface area is 163 Å². The van der Waals surface area contributed by atoms with Crippen LogP contribution >= 0.6 is 0 Å². The second kappa shape index (κ2) is 6.32. The number of carbonyl (C=O) groups is 1. The van der Waals surface area contributed by atoms with Gasteiger partial charge in [0.1, 0.15) is 11.3 Å². The fraction of sp³-hybridized carbons (Fsp3) is 0.650. The number of pyridine rings is 1. The van der Waals surface area contributed by atoms with Crippen molar-refractivity contribution >= 4 is 22.9 Å². The van der Waals surface area contributed by atoms with Crippen molar-refractivity contribution in [3.8, 4) is 0 Å². The number of ether oxygens (including phenoxy) is 1. The van der Waals surface area contributed by atoms with E-state index in [0.717, 1.165) is 37.1 Å². The number of imidazole rings is 1. The Bertz CT molecular complexity index is 895. The van der Waals surface area contributed by atoms with Crippen LogP contribution in [0.25, 0.3) is 11.2 Å². The maximum atomic E-state index is 14.5. The molecule has 5 rings (SSSR count). The van der Waals surface area contributed by atoms with Crippen LogP contribution in [0, 0.1) is 5.92 Å². The monoisotopic (exact) mass is 387 g/mol. The maximum Gasteiger partial charge on any atom is 0.410 e. The van der Waals surface area contributed by atoms with E-state index < -0.39 is 5.67 Å². The SMILES string of the molecule is CC(C)COC(=O)N1C2CCC1CN(c1ccnc3nc(C4(F)CC4)[nH]c13)C2. The number of aromatic nitrogens is 3. The molecule has 1 aliphatic carbocycles. The first-order chi connectivity index (χ1) is 13.4. The van der Waals surface area contributed by atoms with E-state index in [-0.39, 0.29) is 18.2 Å². The number of hydrogen-bond donors (Lipinski definition) is 1. The highest BCUT2D eigenvalue weighted by molar-refractivity contribution is 5.86. The molecule has 2 aromatic heterocycles. The highest BCUT2D eigenvalue weighted by Crippen LogP contribution is 2.49. The van der Waals surface area contributed by atoms with Crippen LogP contribution in [0.2, 0.25) is 0 Å². The first-order valence-electron chi connectivity index (χ1n) is 10.2. The van der Waals surface area contributed by atoms with E-state index in [9.17, 15) is 9.18 Å². The van der Waals surface area contributed by atoms with Gasteiger partial charge >= 0.3 is 6.09 Å². The minimum absolute atomic E-state index is 0.139. The normalized spacial score (nSPS) is 25.6. The van der Waals surface area contributed by atoms with Gasteiger partial charge in [-0.05, 0) is 37.7 Å². The maximum absolute atomic E-state index is 14.5. The lowest BCUT2D eigenvalue weighted by molar-refractivity contribution is 0.0704. The van der Waals surface area contributed by atoms with Crippen LogP contribution in [0.4, 0.5) is 14.9 Å². The summed E-state index contributed by atoms with van der Waals surface area (Å²) < 4.78 is 19.9. The van der Waals surface area contributed by atoms with Crippen LogP contribution in [0.15, 0.2) is 12.3 Å². The fourth-order valence-electron chi connectivity index (χ4n) is 4.43. The molecule has 3 aliphatic rings. The Morgan fingerprint density at radius 1 is 1.36 bits per heavy atom. The molecule has 28 heavy (non-hydrogen) atoms. The van der Waals surface area contributed by atoms with Crippen molar-refractivity contribution in [3.05, 3.63) is 18.1 Å². The first-order valence-corrected chi connectivity index (χ1v) is 10.2. The Hall–Kier alpha value is -2.38. The predicted octanol–water partition coefficient (Wildman–Crippen LogP) is 3.36. The summed E-state index contributed by atoms with van der Waals surface area (Å²) in [6, 6.07) is 2.23. The minimum Gasteiger partial charge on any atom is -0.449 e. The molecule has 8 heteroatoms. The van der Waals surface area contributed by atoms with E-state index in [1.807, 2.05) is 24.8 Å². The molecule has 2 aromatic rings. The summed E-state index contributed by atoms with van der Waals surface area (Å²) in [7, 11) is 0. The second-order valence-electron chi connectivity index (χ2n) is 8.75. The molecule has 2 aliphatic heterocycles. The fourth-order valence-corrected chi connectivity index (χ4v) is 4.43. The Morgan fingerprint density at radius 3 is 2.71 bits per heavy atom. The number of H-pyrrole nitrogens is 1. The van der Waals surface area contributed by atoms with E-state index in [4.69, 9.17) is 4.74 Å². The number of anilines is 1. The van der Waals surface area contributed by atoms with Crippen molar-refractivity contribution < 1.29 is 13.9 Å². The third-order valence-electron chi connectivity index (χ3n) is 6.06. The van der Waals surface area contributed by atoms with Gasteiger partial charge in [-0.25, -0.2) is 19.2 Å². The van der Waals surface area contributed by atoms with Gasteiger partial charge in [0.15, 0.2) is 11.3 Å². The molecule has 2 atom stereocenters. The zero-order valence-electron chi connectivity index (χ0n) is 16.3. The van der Waals surface area contributed by atoms with Crippen molar-refractivity contribution in [2.24, 2.45) is 5.92 Å². The molecule has 7 nitrogen and oxygen atoms in total. The number of halogens is 1. The summed E-state index contributed by atoms with van der Waals surface area (Å²) in [5, 5.41) is 0. The van der Waals surface area contributed by atoms with Crippen LogP contribution < -0.4 is 4.90 Å². The van der Waals surface area contributed by atoms with Gasteiger partial charge in [0.25, 0.3) is 0 Å². The number of amides is 1. The first kappa shape index (κ1) is 17.7. The predicted molar refractivity (Wildman–Crippen MR) is 103 cm³/mol. The molecule has 150 valence electrons. The Morgan fingerprint density at radius 2 is 2.07 bits per heavy atom. The lowest BCUT2D eigenvalue weighted by Gasteiger charge is -2.41. The lowest BCUT2D eigenvalue weighted by atomic mass is 10.1. The second-order valence-corrected chi connectivity index (χ2v) is 8.75. The van der Waals surface area contributed by atoms with Crippen LogP contribution in [-0.2, 0) is 10.4 Å². The number of carbonyl (C=O) groups excluding carboxylic acids is 1. The number of hydrogen-bond acceptors (Lipinski definition) is 5. The van der Waals surface area contributed by atoms with E-state index in [1.54, 1.807) is 6.20 Å². The zero-order valence-corrected chi connectivity index (χ0v) is 16.3. The molecular formula is C20H26FN5O2. The number of nitrogens with zero attached hydrogens (tertiary/aromatic N) is 4. The summed E-state index contributed by atoms with van der Waals surface area (Å²) in [4.78, 5) is 28.6. The molecule has 1 saturated carbocycles. The van der Waals surface area contributed by atoms with Crippen LogP contribution in [-0.4, -0.2) is 57.7 Å². The summed E-state index contributed by atoms with van der Waals surface area (Å²) in [5.41, 5.74) is 1.02. The van der Waals surface area contributed by atoms with Gasteiger partial charge in [-0.15, -0.1) is 0 Å². The highest BCUT2D eigenvalue weighted by Gasteiger charge is 2.48. The van der Waals surface area contributed by atoms with Gasteiger partial charge < -0.3 is 14.6 Å². The van der Waals surface area contributed by atoms with Crippen molar-refractivity contribution in [1.29, 1.82) is 0 Å². The summed E-state index contributed by atoms with van der Waals surface area (Å²) >= 11 is 0. The van der Waals surface area contributed by atoms with Crippen molar-refractivity contribution in [1.82, 2.24) is 19.9 Å². The minimum atomic E-state index is -1.31. The average Bonchev–Trinajstić information content (AvgIpc) is 3.16. The summed E-state index contributed by atoms with van der Waals surface area (Å²) in [6.45, 7) is 6.00. The molecular weight excluding hydrogens is 361 g/mol. The molecule has 0 spiro atoms. The highest BCUT2D eigenvalue weighted by atomic mass is 19.1. The zero-order chi connectivity index (χ0) is 19.5. The van der Waals surface area contributed by atoms with Gasteiger partial charge in [-0.2, -0.15) is 0 Å². The van der Waals surface area contributed by atoms with Crippen LogP contribution in [0.5, 0.6) is 0 Å². The van der Waals surface area contributed by atoms with Gasteiger partial charge in [-0.1, -0.05) is 13.8 Å². The van der Waals surface area contributed by atoms with Crippen molar-refractivity contribution in [2.45, 2.75) is 57.3 Å². The number of piperazine rings is 1. The van der Waals surface area contributed by atoms with Crippen LogP contribution in [0.1, 0.15) is 45.4 Å². The quantitative estimate of drug-likeness (QED) is 0.871. The van der Waals surface area contributed by atoms with Crippen molar-refractivity contribution in [3.63, 3.8) is 0 Å². The molecule has 1 amide bonds. The molecule has 2 unspecified atom stereocenters. The van der Waals surface area contributed by atoms with Gasteiger partial charge in [0.2, 0.25) is 0 Å². The Balaban J connectivity index is 1.38. The van der Waals surface area contributed by atoms with E-state index in [1.165, 1.54) is 0 Å². The lowest BCUT2D eigenvalue weighted by Crippen LogP contribution is -2.56. The van der Waals surface area contributed by atoms with Gasteiger partial charge in [0.05, 0.1) is 24.4 Å². The molecule has 3 fully saturated rings. The number of rotatable bonds is 4. The van der Waals surface area contributed by atoms with Crippen molar-refractivity contribution in [2.75, 3.05) is 24.6 Å². The molecule has 2 saturated heterocycles. The third kappa shape index (κ3) is 2.89. The van der Waals surface area contributed by atoms with E-state index >= 15 is 0 Å². The Kier molecular flexibility index (Phi) is 4.00. The smallest absolute Gasteiger partial charge is 0.410 e.